The molecule has 0 bridgehead atoms. The second-order valence-electron chi connectivity index (χ2n) is 7.68. The Morgan fingerprint density at radius 2 is 1.77 bits per heavy atom. The van der Waals surface area contributed by atoms with E-state index in [1.54, 1.807) is 4.90 Å². The van der Waals surface area contributed by atoms with Gasteiger partial charge in [0.2, 0.25) is 5.91 Å². The molecule has 2 aromatic rings. The van der Waals surface area contributed by atoms with Crippen molar-refractivity contribution in [1.29, 1.82) is 0 Å². The lowest BCUT2D eigenvalue weighted by molar-refractivity contribution is -0.143. The van der Waals surface area contributed by atoms with E-state index in [2.05, 4.69) is 12.2 Å². The average molecular weight is 411 g/mol. The van der Waals surface area contributed by atoms with Crippen molar-refractivity contribution in [1.82, 2.24) is 10.2 Å². The molecule has 0 aliphatic heterocycles. The van der Waals surface area contributed by atoms with Crippen LogP contribution in [0.15, 0.2) is 48.5 Å². The van der Waals surface area contributed by atoms with Gasteiger partial charge in [0.15, 0.2) is 6.61 Å². The number of ether oxygens (including phenoxy) is 1. The highest BCUT2D eigenvalue weighted by atomic mass is 16.5. The molecule has 5 heteroatoms. The van der Waals surface area contributed by atoms with E-state index in [0.717, 1.165) is 29.5 Å². The number of benzene rings is 2. The number of hydrogen-bond acceptors (Lipinski definition) is 3. The molecule has 0 aromatic heterocycles. The molecule has 5 nitrogen and oxygen atoms in total. The van der Waals surface area contributed by atoms with Crippen LogP contribution in [0.4, 0.5) is 0 Å². The second kappa shape index (κ2) is 12.0. The molecule has 1 atom stereocenters. The molecule has 162 valence electrons. The van der Waals surface area contributed by atoms with Gasteiger partial charge in [-0.1, -0.05) is 67.8 Å². The first-order valence-electron chi connectivity index (χ1n) is 10.8. The molecule has 0 saturated heterocycles. The first-order chi connectivity index (χ1) is 14.4. The van der Waals surface area contributed by atoms with Crippen molar-refractivity contribution in [2.24, 2.45) is 0 Å². The number of carbonyl (C=O) groups is 2. The third kappa shape index (κ3) is 7.21. The lowest BCUT2D eigenvalue weighted by Crippen LogP contribution is -2.50. The topological polar surface area (TPSA) is 58.6 Å². The van der Waals surface area contributed by atoms with Crippen LogP contribution in [0.1, 0.15) is 49.8 Å². The van der Waals surface area contributed by atoms with E-state index in [1.165, 1.54) is 0 Å². The van der Waals surface area contributed by atoms with Crippen LogP contribution in [0.25, 0.3) is 0 Å². The zero-order valence-electron chi connectivity index (χ0n) is 18.6. The van der Waals surface area contributed by atoms with Crippen LogP contribution >= 0.6 is 0 Å². The normalized spacial score (nSPS) is 11.6. The Morgan fingerprint density at radius 1 is 1.03 bits per heavy atom. The minimum absolute atomic E-state index is 0.104. The highest BCUT2D eigenvalue weighted by Gasteiger charge is 2.28. The fourth-order valence-corrected chi connectivity index (χ4v) is 3.30. The Balaban J connectivity index is 2.16. The highest BCUT2D eigenvalue weighted by molar-refractivity contribution is 5.88. The van der Waals surface area contributed by atoms with E-state index in [1.807, 2.05) is 69.3 Å². The minimum Gasteiger partial charge on any atom is -0.484 e. The van der Waals surface area contributed by atoms with Gasteiger partial charge in [-0.05, 0) is 44.4 Å². The molecule has 0 fully saturated rings. The van der Waals surface area contributed by atoms with Gasteiger partial charge >= 0.3 is 0 Å². The summed E-state index contributed by atoms with van der Waals surface area (Å²) in [6.45, 7) is 8.93. The predicted molar refractivity (Wildman–Crippen MR) is 120 cm³/mol. The smallest absolute Gasteiger partial charge is 0.261 e. The molecular weight excluding hydrogens is 376 g/mol. The van der Waals surface area contributed by atoms with Gasteiger partial charge < -0.3 is 15.0 Å². The van der Waals surface area contributed by atoms with Crippen molar-refractivity contribution in [3.63, 3.8) is 0 Å². The highest BCUT2D eigenvalue weighted by Crippen LogP contribution is 2.16. The zero-order valence-corrected chi connectivity index (χ0v) is 18.6. The van der Waals surface area contributed by atoms with Crippen LogP contribution in [-0.2, 0) is 16.1 Å². The van der Waals surface area contributed by atoms with Crippen LogP contribution in [0.2, 0.25) is 0 Å². The third-order valence-electron chi connectivity index (χ3n) is 5.03. The summed E-state index contributed by atoms with van der Waals surface area (Å²) in [5.41, 5.74) is 3.25. The number of nitrogens with zero attached hydrogens (tertiary/aromatic N) is 1. The summed E-state index contributed by atoms with van der Waals surface area (Å²) in [6.07, 6.45) is 2.47. The van der Waals surface area contributed by atoms with E-state index < -0.39 is 6.04 Å². The van der Waals surface area contributed by atoms with Crippen molar-refractivity contribution in [2.75, 3.05) is 13.2 Å². The standard InChI is InChI=1S/C25H34N2O3/c1-5-7-15-26-25(29)23(6-2)27(17-21-10-8-9-20(4)16-21)24(28)18-30-22-13-11-19(3)12-14-22/h8-14,16,23H,5-7,15,17-18H2,1-4H3,(H,26,29)/t23-/m1/s1. The lowest BCUT2D eigenvalue weighted by Gasteiger charge is -2.30. The van der Waals surface area contributed by atoms with Crippen molar-refractivity contribution >= 4 is 11.8 Å². The van der Waals surface area contributed by atoms with Crippen LogP contribution in [-0.4, -0.2) is 35.9 Å². The molecule has 0 saturated carbocycles. The summed E-state index contributed by atoms with van der Waals surface area (Å²) < 4.78 is 5.72. The summed E-state index contributed by atoms with van der Waals surface area (Å²) in [5, 5.41) is 2.97. The Bertz CT molecular complexity index is 817. The molecule has 0 aliphatic rings. The fraction of sp³-hybridized carbons (Fsp3) is 0.440. The Hall–Kier alpha value is -2.82. The molecule has 2 aromatic carbocycles. The van der Waals surface area contributed by atoms with Crippen molar-refractivity contribution in [3.05, 3.63) is 65.2 Å². The second-order valence-corrected chi connectivity index (χ2v) is 7.68. The summed E-state index contributed by atoms with van der Waals surface area (Å²) in [6, 6.07) is 15.1. The molecule has 0 heterocycles. The van der Waals surface area contributed by atoms with Gasteiger partial charge in [-0.25, -0.2) is 0 Å². The average Bonchev–Trinajstić information content (AvgIpc) is 2.73. The Labute approximate surface area is 180 Å². The number of hydrogen-bond donors (Lipinski definition) is 1. The largest absolute Gasteiger partial charge is 0.484 e. The maximum absolute atomic E-state index is 13.1. The fourth-order valence-electron chi connectivity index (χ4n) is 3.30. The maximum Gasteiger partial charge on any atom is 0.261 e. The van der Waals surface area contributed by atoms with Gasteiger partial charge in [0, 0.05) is 13.1 Å². The molecule has 0 unspecified atom stereocenters. The zero-order chi connectivity index (χ0) is 21.9. The number of nitrogens with one attached hydrogen (secondary N) is 1. The monoisotopic (exact) mass is 410 g/mol. The quantitative estimate of drug-likeness (QED) is 0.559. The summed E-state index contributed by atoms with van der Waals surface area (Å²) in [5.74, 6) is 0.335. The summed E-state index contributed by atoms with van der Waals surface area (Å²) in [4.78, 5) is 27.6. The molecule has 0 spiro atoms. The molecule has 1 N–H and O–H groups in total. The van der Waals surface area contributed by atoms with Gasteiger partial charge in [0.1, 0.15) is 11.8 Å². The summed E-state index contributed by atoms with van der Waals surface area (Å²) in [7, 11) is 0. The van der Waals surface area contributed by atoms with Crippen molar-refractivity contribution in [2.45, 2.75) is 59.5 Å². The molecule has 0 aliphatic carbocycles. The predicted octanol–water partition coefficient (Wildman–Crippen LogP) is 4.41. The SMILES string of the molecule is CCCCNC(=O)[C@@H](CC)N(Cc1cccc(C)c1)C(=O)COc1ccc(C)cc1. The van der Waals surface area contributed by atoms with Gasteiger partial charge in [-0.15, -0.1) is 0 Å². The van der Waals surface area contributed by atoms with Crippen LogP contribution in [0, 0.1) is 13.8 Å². The van der Waals surface area contributed by atoms with Gasteiger partial charge in [-0.3, -0.25) is 9.59 Å². The number of amides is 2. The lowest BCUT2D eigenvalue weighted by atomic mass is 10.1. The van der Waals surface area contributed by atoms with Crippen molar-refractivity contribution < 1.29 is 14.3 Å². The molecule has 2 amide bonds. The number of unbranched alkanes of at least 4 members (excludes halogenated alkanes) is 1. The van der Waals surface area contributed by atoms with Crippen LogP contribution < -0.4 is 10.1 Å². The van der Waals surface area contributed by atoms with E-state index in [9.17, 15) is 9.59 Å². The number of carbonyl (C=O) groups excluding carboxylic acids is 2. The van der Waals surface area contributed by atoms with E-state index >= 15 is 0 Å². The first-order valence-corrected chi connectivity index (χ1v) is 10.8. The van der Waals surface area contributed by atoms with E-state index in [0.29, 0.717) is 25.3 Å². The summed E-state index contributed by atoms with van der Waals surface area (Å²) >= 11 is 0. The number of aryl methyl sites for hydroxylation is 2. The van der Waals surface area contributed by atoms with Gasteiger partial charge in [0.25, 0.3) is 5.91 Å². The maximum atomic E-state index is 13.1. The number of rotatable bonds is 11. The first kappa shape index (κ1) is 23.5. The van der Waals surface area contributed by atoms with Gasteiger partial charge in [0.05, 0.1) is 0 Å². The molecular formula is C25H34N2O3. The Morgan fingerprint density at radius 3 is 2.40 bits per heavy atom. The minimum atomic E-state index is -0.531. The third-order valence-corrected chi connectivity index (χ3v) is 5.03. The van der Waals surface area contributed by atoms with E-state index in [-0.39, 0.29) is 18.4 Å². The van der Waals surface area contributed by atoms with Crippen molar-refractivity contribution in [3.8, 4) is 5.75 Å². The molecule has 2 rings (SSSR count). The molecule has 0 radical (unpaired) electrons. The Kier molecular flexibility index (Phi) is 9.39. The van der Waals surface area contributed by atoms with Gasteiger partial charge in [-0.2, -0.15) is 0 Å². The van der Waals surface area contributed by atoms with E-state index in [4.69, 9.17) is 4.74 Å². The van der Waals surface area contributed by atoms with Crippen LogP contribution in [0.3, 0.4) is 0 Å². The molecule has 30 heavy (non-hydrogen) atoms. The van der Waals surface area contributed by atoms with Crippen LogP contribution in [0.5, 0.6) is 5.75 Å².